The van der Waals surface area contributed by atoms with E-state index in [0.717, 1.165) is 0 Å². The van der Waals surface area contributed by atoms with E-state index in [1.807, 2.05) is 0 Å². The maximum Gasteiger partial charge on any atom is 0.314 e. The Kier molecular flexibility index (Phi) is 5.22. The number of sulfone groups is 1. The first-order valence-electron chi connectivity index (χ1n) is 8.00. The molecule has 0 saturated carbocycles. The van der Waals surface area contributed by atoms with Gasteiger partial charge in [-0.3, -0.25) is 9.59 Å². The molecule has 0 fully saturated rings. The summed E-state index contributed by atoms with van der Waals surface area (Å²) in [6, 6.07) is 6.56. The fourth-order valence-electron chi connectivity index (χ4n) is 2.62. The van der Waals surface area contributed by atoms with Gasteiger partial charge in [-0.2, -0.15) is 5.10 Å². The standard InChI is InChI=1S/C16H17ClN4O5S/c1-9(22)6-18-15(23)16(24)19-14-12-7-27(25,26)8-13(12)20-21(14)11-4-2-10(17)3-5-11/h2-5,9,22H,6-8H2,1H3,(H,18,23)(H,19,24)/t9-/m0/s1. The summed E-state index contributed by atoms with van der Waals surface area (Å²) >= 11 is 5.89. The number of fused-ring (bicyclic) bond motifs is 1. The molecule has 27 heavy (non-hydrogen) atoms. The van der Waals surface area contributed by atoms with Crippen LogP contribution in [0.15, 0.2) is 24.3 Å². The number of rotatable bonds is 4. The number of halogens is 1. The molecule has 2 aromatic rings. The molecule has 1 atom stereocenters. The molecule has 2 amide bonds. The predicted octanol–water partition coefficient (Wildman–Crippen LogP) is 0.390. The zero-order chi connectivity index (χ0) is 19.8. The maximum atomic E-state index is 12.2. The normalized spacial score (nSPS) is 15.8. The molecule has 9 nitrogen and oxygen atoms in total. The lowest BCUT2D eigenvalue weighted by atomic mass is 10.2. The van der Waals surface area contributed by atoms with Crippen molar-refractivity contribution in [3.05, 3.63) is 40.5 Å². The van der Waals surface area contributed by atoms with Gasteiger partial charge in [0.2, 0.25) is 0 Å². The maximum absolute atomic E-state index is 12.2. The van der Waals surface area contributed by atoms with Crippen LogP contribution in [0.1, 0.15) is 18.2 Å². The Morgan fingerprint density at radius 1 is 1.26 bits per heavy atom. The van der Waals surface area contributed by atoms with Crippen molar-refractivity contribution >= 4 is 39.1 Å². The number of aliphatic hydroxyl groups excluding tert-OH is 1. The molecule has 1 aliphatic heterocycles. The summed E-state index contributed by atoms with van der Waals surface area (Å²) in [5.74, 6) is -2.33. The summed E-state index contributed by atoms with van der Waals surface area (Å²) < 4.78 is 25.2. The number of carbonyl (C=O) groups excluding carboxylic acids is 2. The average Bonchev–Trinajstić information content (AvgIpc) is 3.06. The SMILES string of the molecule is C[C@H](O)CNC(=O)C(=O)Nc1c2c(nn1-c1ccc(Cl)cc1)CS(=O)(=O)C2. The monoisotopic (exact) mass is 412 g/mol. The van der Waals surface area contributed by atoms with Crippen molar-refractivity contribution in [2.45, 2.75) is 24.5 Å². The van der Waals surface area contributed by atoms with Crippen LogP contribution in [0, 0.1) is 0 Å². The molecule has 1 aliphatic rings. The number of hydrogen-bond acceptors (Lipinski definition) is 6. The Morgan fingerprint density at radius 3 is 2.56 bits per heavy atom. The Bertz CT molecular complexity index is 999. The Balaban J connectivity index is 1.94. The second kappa shape index (κ2) is 7.29. The van der Waals surface area contributed by atoms with Crippen molar-refractivity contribution in [3.8, 4) is 5.69 Å². The van der Waals surface area contributed by atoms with Crippen molar-refractivity contribution in [2.75, 3.05) is 11.9 Å². The summed E-state index contributed by atoms with van der Waals surface area (Å²) in [6.07, 6.45) is -0.810. The highest BCUT2D eigenvalue weighted by Crippen LogP contribution is 2.33. The van der Waals surface area contributed by atoms with Crippen LogP contribution in [0.2, 0.25) is 5.02 Å². The van der Waals surface area contributed by atoms with E-state index >= 15 is 0 Å². The zero-order valence-corrected chi connectivity index (χ0v) is 15.8. The summed E-state index contributed by atoms with van der Waals surface area (Å²) in [7, 11) is -3.35. The van der Waals surface area contributed by atoms with E-state index in [1.54, 1.807) is 24.3 Å². The third kappa shape index (κ3) is 4.29. The molecule has 2 heterocycles. The third-order valence-electron chi connectivity index (χ3n) is 3.85. The zero-order valence-electron chi connectivity index (χ0n) is 14.3. The van der Waals surface area contributed by atoms with Crippen LogP contribution in [-0.2, 0) is 30.9 Å². The van der Waals surface area contributed by atoms with Crippen LogP contribution in [0.25, 0.3) is 5.69 Å². The highest BCUT2D eigenvalue weighted by atomic mass is 35.5. The predicted molar refractivity (Wildman–Crippen MR) is 98.2 cm³/mol. The van der Waals surface area contributed by atoms with Gasteiger partial charge < -0.3 is 15.7 Å². The number of anilines is 1. The van der Waals surface area contributed by atoms with Crippen molar-refractivity contribution < 1.29 is 23.1 Å². The minimum atomic E-state index is -3.35. The van der Waals surface area contributed by atoms with Gasteiger partial charge in [0.15, 0.2) is 9.84 Å². The molecule has 3 N–H and O–H groups in total. The van der Waals surface area contributed by atoms with E-state index in [4.69, 9.17) is 11.6 Å². The lowest BCUT2D eigenvalue weighted by Gasteiger charge is -2.11. The minimum absolute atomic E-state index is 0.0881. The molecule has 0 bridgehead atoms. The molecule has 11 heteroatoms. The second-order valence-corrected chi connectivity index (χ2v) is 8.71. The van der Waals surface area contributed by atoms with Crippen molar-refractivity contribution in [1.82, 2.24) is 15.1 Å². The quantitative estimate of drug-likeness (QED) is 0.623. The molecule has 0 spiro atoms. The van der Waals surface area contributed by atoms with Gasteiger partial charge in [0, 0.05) is 17.1 Å². The number of aliphatic hydroxyl groups is 1. The number of carbonyl (C=O) groups is 2. The van der Waals surface area contributed by atoms with Gasteiger partial charge in [0.1, 0.15) is 5.82 Å². The number of nitrogens with one attached hydrogen (secondary N) is 2. The minimum Gasteiger partial charge on any atom is -0.392 e. The molecule has 1 aromatic carbocycles. The summed E-state index contributed by atoms with van der Waals surface area (Å²) in [5.41, 5.74) is 1.22. The van der Waals surface area contributed by atoms with Crippen molar-refractivity contribution in [1.29, 1.82) is 0 Å². The summed E-state index contributed by atoms with van der Waals surface area (Å²) in [5, 5.41) is 18.7. The molecule has 3 rings (SSSR count). The number of aromatic nitrogens is 2. The highest BCUT2D eigenvalue weighted by Gasteiger charge is 2.33. The highest BCUT2D eigenvalue weighted by molar-refractivity contribution is 7.90. The Labute approximate surface area is 160 Å². The number of nitrogens with zero attached hydrogens (tertiary/aromatic N) is 2. The molecule has 0 saturated heterocycles. The molecule has 144 valence electrons. The van der Waals surface area contributed by atoms with Gasteiger partial charge in [0.05, 0.1) is 29.0 Å². The number of hydrogen-bond donors (Lipinski definition) is 3. The average molecular weight is 413 g/mol. The largest absolute Gasteiger partial charge is 0.392 e. The Morgan fingerprint density at radius 2 is 1.93 bits per heavy atom. The number of amides is 2. The van der Waals surface area contributed by atoms with E-state index in [-0.39, 0.29) is 23.9 Å². The fraction of sp³-hybridized carbons (Fsp3) is 0.312. The van der Waals surface area contributed by atoms with Crippen LogP contribution in [0.3, 0.4) is 0 Å². The van der Waals surface area contributed by atoms with E-state index in [2.05, 4.69) is 15.7 Å². The van der Waals surface area contributed by atoms with E-state index < -0.39 is 27.8 Å². The fourth-order valence-corrected chi connectivity index (χ4v) is 4.24. The molecule has 0 unspecified atom stereocenters. The van der Waals surface area contributed by atoms with Gasteiger partial charge in [-0.25, -0.2) is 13.1 Å². The van der Waals surface area contributed by atoms with E-state index in [1.165, 1.54) is 11.6 Å². The first kappa shape index (κ1) is 19.3. The van der Waals surface area contributed by atoms with Crippen LogP contribution >= 0.6 is 11.6 Å². The van der Waals surface area contributed by atoms with Gasteiger partial charge in [-0.05, 0) is 31.2 Å². The third-order valence-corrected chi connectivity index (χ3v) is 5.55. The molecule has 0 radical (unpaired) electrons. The van der Waals surface area contributed by atoms with E-state index in [9.17, 15) is 23.1 Å². The molecular weight excluding hydrogens is 396 g/mol. The van der Waals surface area contributed by atoms with Crippen molar-refractivity contribution in [2.24, 2.45) is 0 Å². The lowest BCUT2D eigenvalue weighted by molar-refractivity contribution is -0.136. The smallest absolute Gasteiger partial charge is 0.314 e. The molecular formula is C16H17ClN4O5S. The van der Waals surface area contributed by atoms with Crippen molar-refractivity contribution in [3.63, 3.8) is 0 Å². The van der Waals surface area contributed by atoms with Gasteiger partial charge in [-0.15, -0.1) is 0 Å². The first-order valence-corrected chi connectivity index (χ1v) is 10.2. The topological polar surface area (TPSA) is 130 Å². The summed E-state index contributed by atoms with van der Waals surface area (Å²) in [4.78, 5) is 24.1. The molecule has 0 aliphatic carbocycles. The van der Waals surface area contributed by atoms with Crippen LogP contribution in [-0.4, -0.2) is 47.8 Å². The van der Waals surface area contributed by atoms with Crippen LogP contribution in [0.4, 0.5) is 5.82 Å². The lowest BCUT2D eigenvalue weighted by Crippen LogP contribution is -2.39. The van der Waals surface area contributed by atoms with Crippen LogP contribution in [0.5, 0.6) is 0 Å². The van der Waals surface area contributed by atoms with Gasteiger partial charge in [0.25, 0.3) is 0 Å². The van der Waals surface area contributed by atoms with Gasteiger partial charge in [-0.1, -0.05) is 11.6 Å². The molecule has 1 aromatic heterocycles. The van der Waals surface area contributed by atoms with Crippen LogP contribution < -0.4 is 10.6 Å². The second-order valence-electron chi connectivity index (χ2n) is 6.21. The number of benzene rings is 1. The summed E-state index contributed by atoms with van der Waals surface area (Å²) in [6.45, 7) is 1.38. The first-order chi connectivity index (χ1) is 12.7. The van der Waals surface area contributed by atoms with Gasteiger partial charge >= 0.3 is 11.8 Å². The van der Waals surface area contributed by atoms with E-state index in [0.29, 0.717) is 22.0 Å². The Hall–Kier alpha value is -2.43.